The highest BCUT2D eigenvalue weighted by Gasteiger charge is 2.30. The van der Waals surface area contributed by atoms with Crippen LogP contribution >= 0.6 is 19.9 Å². The van der Waals surface area contributed by atoms with E-state index in [1.54, 1.807) is 17.0 Å². The molecule has 0 N–H and O–H groups in total. The van der Waals surface area contributed by atoms with Gasteiger partial charge in [-0.3, -0.25) is 0 Å². The maximum absolute atomic E-state index is 4.33. The Hall–Kier alpha value is -0.740. The van der Waals surface area contributed by atoms with Gasteiger partial charge in [-0.2, -0.15) is 0 Å². The summed E-state index contributed by atoms with van der Waals surface area (Å²) in [5.41, 5.74) is 0. The molecule has 1 aromatic rings. The van der Waals surface area contributed by atoms with Crippen LogP contribution in [0, 0.1) is 0 Å². The van der Waals surface area contributed by atoms with Crippen LogP contribution in [-0.4, -0.2) is 9.97 Å². The van der Waals surface area contributed by atoms with E-state index in [1.807, 2.05) is 16.9 Å². The van der Waals surface area contributed by atoms with Crippen LogP contribution in [0.3, 0.4) is 0 Å². The normalized spacial score (nSPS) is 20.0. The fourth-order valence-electron chi connectivity index (χ4n) is 0.989. The number of fused-ring (bicyclic) bond motifs is 2. The first kappa shape index (κ1) is 7.89. The molecule has 0 amide bonds. The third-order valence-corrected chi connectivity index (χ3v) is 6.65. The first-order chi connectivity index (χ1) is 5.80. The van der Waals surface area contributed by atoms with E-state index >= 15 is 0 Å². The van der Waals surface area contributed by atoms with Gasteiger partial charge in [-0.25, -0.2) is 9.97 Å². The van der Waals surface area contributed by atoms with Crippen LogP contribution < -0.4 is 0 Å². The van der Waals surface area contributed by atoms with E-state index in [1.165, 1.54) is 0 Å². The Morgan fingerprint density at radius 1 is 1.42 bits per heavy atom. The highest BCUT2D eigenvalue weighted by atomic mass is 33.2. The molecule has 2 heterocycles. The van der Waals surface area contributed by atoms with E-state index in [9.17, 15) is 0 Å². The maximum atomic E-state index is 4.33. The highest BCUT2D eigenvalue weighted by molar-refractivity contribution is 8.96. The van der Waals surface area contributed by atoms with Gasteiger partial charge in [0.2, 0.25) is 0 Å². The Bertz CT molecular complexity index is 341. The van der Waals surface area contributed by atoms with Crippen LogP contribution in [0.25, 0.3) is 0 Å². The average Bonchev–Trinajstić information content (AvgIpc) is 2.38. The van der Waals surface area contributed by atoms with Crippen molar-refractivity contribution in [1.82, 2.24) is 9.97 Å². The lowest BCUT2D eigenvalue weighted by Gasteiger charge is -2.22. The Morgan fingerprint density at radius 3 is 2.75 bits per heavy atom. The van der Waals surface area contributed by atoms with Crippen LogP contribution in [0.15, 0.2) is 46.4 Å². The van der Waals surface area contributed by atoms with Crippen LogP contribution in [0.5, 0.6) is 0 Å². The smallest absolute Gasteiger partial charge is 0.187 e. The van der Waals surface area contributed by atoms with Crippen LogP contribution in [0.2, 0.25) is 0 Å². The molecule has 2 bridgehead atoms. The van der Waals surface area contributed by atoms with Gasteiger partial charge in [0.05, 0.1) is 0 Å². The summed E-state index contributed by atoms with van der Waals surface area (Å²) in [6.07, 6.45) is 1.78. The molecule has 0 aromatic carbocycles. The molecule has 0 saturated heterocycles. The van der Waals surface area contributed by atoms with Crippen LogP contribution in [-0.2, 0) is 0 Å². The van der Waals surface area contributed by atoms with Crippen molar-refractivity contribution in [1.29, 1.82) is 0 Å². The van der Waals surface area contributed by atoms with Gasteiger partial charge in [0.15, 0.2) is 5.16 Å². The fraction of sp³-hybridized carbons (Fsp3) is 0. The van der Waals surface area contributed by atoms with Gasteiger partial charge in [-0.1, -0.05) is 22.2 Å². The minimum Gasteiger partial charge on any atom is -0.231 e. The molecular weight excluding hydrogens is 188 g/mol. The number of hydrogen-bond acceptors (Lipinski definition) is 3. The zero-order valence-electron chi connectivity index (χ0n) is 6.43. The Kier molecular flexibility index (Phi) is 1.73. The first-order valence-electron chi connectivity index (χ1n) is 3.41. The third-order valence-electron chi connectivity index (χ3n) is 1.61. The summed E-state index contributed by atoms with van der Waals surface area (Å²) >= 11 is 0. The number of rotatable bonds is 2. The van der Waals surface area contributed by atoms with E-state index < -0.39 is 9.06 Å². The molecule has 0 atom stereocenters. The van der Waals surface area contributed by atoms with Gasteiger partial charge >= 0.3 is 0 Å². The second-order valence-corrected chi connectivity index (χ2v) is 7.31. The molecule has 2 rings (SSSR count). The van der Waals surface area contributed by atoms with Crippen molar-refractivity contribution in [2.24, 2.45) is 0 Å². The van der Waals surface area contributed by atoms with Gasteiger partial charge in [0.1, 0.15) is 5.03 Å². The monoisotopic (exact) mass is 196 g/mol. The van der Waals surface area contributed by atoms with Crippen molar-refractivity contribution >= 4 is 19.9 Å². The lowest BCUT2D eigenvalue weighted by molar-refractivity contribution is 0.903. The van der Waals surface area contributed by atoms with Crippen molar-refractivity contribution in [2.75, 3.05) is 0 Å². The predicted molar refractivity (Wildman–Crippen MR) is 54.1 cm³/mol. The molecule has 1 aromatic heterocycles. The van der Waals surface area contributed by atoms with E-state index in [2.05, 4.69) is 23.1 Å². The summed E-state index contributed by atoms with van der Waals surface area (Å²) in [6.45, 7) is 7.62. The van der Waals surface area contributed by atoms with Gasteiger partial charge in [0, 0.05) is 6.20 Å². The van der Waals surface area contributed by atoms with Crippen molar-refractivity contribution in [3.8, 4) is 0 Å². The molecule has 1 aliphatic heterocycles. The minimum atomic E-state index is -1.19. The van der Waals surface area contributed by atoms with Crippen molar-refractivity contribution < 1.29 is 0 Å². The molecule has 4 heteroatoms. The Labute approximate surface area is 76.5 Å². The van der Waals surface area contributed by atoms with Gasteiger partial charge < -0.3 is 0 Å². The molecule has 0 spiro atoms. The quantitative estimate of drug-likeness (QED) is 0.413. The second-order valence-electron chi connectivity index (χ2n) is 2.24. The minimum absolute atomic E-state index is 0.870. The molecule has 0 saturated carbocycles. The third kappa shape index (κ3) is 0.916. The Morgan fingerprint density at radius 2 is 2.17 bits per heavy atom. The van der Waals surface area contributed by atoms with Crippen molar-refractivity contribution in [3.05, 3.63) is 36.2 Å². The molecule has 2 nitrogen and oxygen atoms in total. The Balaban J connectivity index is 2.58. The molecule has 12 heavy (non-hydrogen) atoms. The molecule has 1 aliphatic rings. The van der Waals surface area contributed by atoms with E-state index in [0.717, 1.165) is 10.2 Å². The topological polar surface area (TPSA) is 25.8 Å². The lowest BCUT2D eigenvalue weighted by atomic mass is 10.7. The molecule has 62 valence electrons. The number of aromatic nitrogens is 2. The molecular formula is C8H8N2S2. The summed E-state index contributed by atoms with van der Waals surface area (Å²) in [7, 11) is 0.522. The molecule has 0 unspecified atom stereocenters. The summed E-state index contributed by atoms with van der Waals surface area (Å²) < 4.78 is 0. The number of hydrogen-bond donors (Lipinski definition) is 0. The van der Waals surface area contributed by atoms with E-state index in [0.29, 0.717) is 0 Å². The summed E-state index contributed by atoms with van der Waals surface area (Å²) in [6, 6.07) is 1.91. The maximum Gasteiger partial charge on any atom is 0.187 e. The summed E-state index contributed by atoms with van der Waals surface area (Å²) in [4.78, 5) is 8.53. The first-order valence-corrected chi connectivity index (χ1v) is 6.51. The average molecular weight is 196 g/mol. The van der Waals surface area contributed by atoms with Crippen molar-refractivity contribution in [2.45, 2.75) is 10.2 Å². The van der Waals surface area contributed by atoms with E-state index in [-0.39, 0.29) is 0 Å². The van der Waals surface area contributed by atoms with Gasteiger partial charge in [-0.15, -0.1) is 0 Å². The molecule has 0 radical (unpaired) electrons. The van der Waals surface area contributed by atoms with Crippen LogP contribution in [0.4, 0.5) is 0 Å². The van der Waals surface area contributed by atoms with Crippen LogP contribution in [0.1, 0.15) is 0 Å². The molecule has 0 fully saturated rings. The van der Waals surface area contributed by atoms with Crippen molar-refractivity contribution in [3.63, 3.8) is 0 Å². The summed E-state index contributed by atoms with van der Waals surface area (Å²) in [5, 5.41) is 5.71. The SMILES string of the molecule is C=CS1(C=C)Sc2ccnc1n2. The highest BCUT2D eigenvalue weighted by Crippen LogP contribution is 2.72. The van der Waals surface area contributed by atoms with E-state index in [4.69, 9.17) is 0 Å². The number of nitrogens with zero attached hydrogens (tertiary/aromatic N) is 2. The zero-order valence-corrected chi connectivity index (χ0v) is 8.07. The van der Waals surface area contributed by atoms with Gasteiger partial charge in [-0.05, 0) is 27.7 Å². The lowest BCUT2D eigenvalue weighted by Crippen LogP contribution is -1.86. The second kappa shape index (κ2) is 2.64. The standard InChI is InChI=1S/C8H8N2S2/c1-3-12(4-2)8-9-6-5-7(10-8)11-12/h3-6H,1-2H2. The zero-order chi connectivity index (χ0) is 8.60. The van der Waals surface area contributed by atoms with Gasteiger partial charge in [0.25, 0.3) is 0 Å². The summed E-state index contributed by atoms with van der Waals surface area (Å²) in [5.74, 6) is 0. The largest absolute Gasteiger partial charge is 0.231 e. The fourth-order valence-corrected chi connectivity index (χ4v) is 4.68. The molecule has 0 aliphatic carbocycles. The predicted octanol–water partition coefficient (Wildman–Crippen LogP) is 2.95.